The predicted molar refractivity (Wildman–Crippen MR) is 167 cm³/mol. The Balaban J connectivity index is 1.43. The molecule has 1 aromatic heterocycles. The van der Waals surface area contributed by atoms with Crippen LogP contribution in [0.4, 0.5) is 0 Å². The number of hydrogen-bond donors (Lipinski definition) is 0. The molecule has 0 fully saturated rings. The Bertz CT molecular complexity index is 1920. The van der Waals surface area contributed by atoms with Crippen molar-refractivity contribution in [2.24, 2.45) is 4.99 Å². The first kappa shape index (κ1) is 25.4. The summed E-state index contributed by atoms with van der Waals surface area (Å²) in [5, 5.41) is 0. The number of nitrogens with zero attached hydrogens (tertiary/aromatic N) is 3. The van der Waals surface area contributed by atoms with Gasteiger partial charge in [0.25, 0.3) is 5.56 Å². The average molecular weight is 552 g/mol. The van der Waals surface area contributed by atoms with Gasteiger partial charge in [0.1, 0.15) is 0 Å². The van der Waals surface area contributed by atoms with Crippen LogP contribution in [0.2, 0.25) is 0 Å². The van der Waals surface area contributed by atoms with Gasteiger partial charge in [-0.15, -0.1) is 0 Å². The molecule has 0 saturated carbocycles. The van der Waals surface area contributed by atoms with Crippen molar-refractivity contribution in [3.63, 3.8) is 0 Å². The molecule has 0 bridgehead atoms. The minimum atomic E-state index is -0.224. The summed E-state index contributed by atoms with van der Waals surface area (Å²) >= 11 is 1.48. The Morgan fingerprint density at radius 3 is 1.98 bits per heavy atom. The molecule has 4 nitrogen and oxygen atoms in total. The van der Waals surface area contributed by atoms with Crippen LogP contribution < -0.4 is 14.9 Å². The van der Waals surface area contributed by atoms with Gasteiger partial charge in [0.15, 0.2) is 4.80 Å². The zero-order valence-electron chi connectivity index (χ0n) is 22.6. The zero-order chi connectivity index (χ0) is 27.6. The van der Waals surface area contributed by atoms with E-state index in [1.807, 2.05) is 53.1 Å². The highest BCUT2D eigenvalue weighted by molar-refractivity contribution is 7.07. The number of aromatic nitrogens is 1. The number of hydrogen-bond acceptors (Lipinski definition) is 4. The van der Waals surface area contributed by atoms with Gasteiger partial charge in [-0.2, -0.15) is 0 Å². The number of benzene rings is 4. The van der Waals surface area contributed by atoms with E-state index in [-0.39, 0.29) is 11.6 Å². The standard InChI is InChI=1S/C36H29N3OS/c40-35-32(22-27-15-7-2-8-16-27)41-36-37-33-30(21-26-13-5-1-6-14-26)24-38(23-28-17-9-3-10-18-28)25-31(33)34(39(35)36)29-19-11-4-12-20-29/h1-22,34H,23-25H2/b30-21+,32-22-. The minimum absolute atomic E-state index is 0.00628. The van der Waals surface area contributed by atoms with Crippen LogP contribution in [-0.4, -0.2) is 22.6 Å². The maximum Gasteiger partial charge on any atom is 0.271 e. The predicted octanol–water partition coefficient (Wildman–Crippen LogP) is 5.81. The first-order chi connectivity index (χ1) is 20.2. The summed E-state index contributed by atoms with van der Waals surface area (Å²) in [6.07, 6.45) is 4.24. The molecule has 2 aliphatic rings. The van der Waals surface area contributed by atoms with E-state index in [1.165, 1.54) is 28.0 Å². The Labute approximate surface area is 243 Å². The van der Waals surface area contributed by atoms with Crippen molar-refractivity contribution in [1.82, 2.24) is 9.47 Å². The Kier molecular flexibility index (Phi) is 6.89. The molecule has 5 aromatic rings. The molecule has 1 unspecified atom stereocenters. The van der Waals surface area contributed by atoms with E-state index in [4.69, 9.17) is 4.99 Å². The van der Waals surface area contributed by atoms with Crippen LogP contribution in [0.25, 0.3) is 12.2 Å². The summed E-state index contributed by atoms with van der Waals surface area (Å²) in [5.41, 5.74) is 7.89. The van der Waals surface area contributed by atoms with E-state index in [0.717, 1.165) is 46.8 Å². The smallest absolute Gasteiger partial charge is 0.271 e. The molecule has 1 atom stereocenters. The third-order valence-corrected chi connectivity index (χ3v) is 8.61. The lowest BCUT2D eigenvalue weighted by Gasteiger charge is -2.37. The van der Waals surface area contributed by atoms with Gasteiger partial charge >= 0.3 is 0 Å². The largest absolute Gasteiger partial charge is 0.291 e. The lowest BCUT2D eigenvalue weighted by Crippen LogP contribution is -2.43. The van der Waals surface area contributed by atoms with Crippen molar-refractivity contribution >= 4 is 23.5 Å². The molecule has 4 aromatic carbocycles. The fraction of sp³-hybridized carbons (Fsp3) is 0.111. The van der Waals surface area contributed by atoms with Crippen molar-refractivity contribution in [3.05, 3.63) is 180 Å². The van der Waals surface area contributed by atoms with Gasteiger partial charge in [0.2, 0.25) is 0 Å². The first-order valence-electron chi connectivity index (χ1n) is 13.9. The maximum atomic E-state index is 14.1. The number of fused-ring (bicyclic) bond motifs is 1. The fourth-order valence-electron chi connectivity index (χ4n) is 5.80. The molecule has 0 spiro atoms. The molecular weight excluding hydrogens is 522 g/mol. The van der Waals surface area contributed by atoms with Gasteiger partial charge in [-0.25, -0.2) is 4.99 Å². The lowest BCUT2D eigenvalue weighted by molar-refractivity contribution is 0.291. The summed E-state index contributed by atoms with van der Waals surface area (Å²) < 4.78 is 2.62. The van der Waals surface area contributed by atoms with Crippen LogP contribution in [0.3, 0.4) is 0 Å². The van der Waals surface area contributed by atoms with Crippen molar-refractivity contribution in [2.75, 3.05) is 13.1 Å². The molecule has 2 aliphatic heterocycles. The number of rotatable bonds is 5. The van der Waals surface area contributed by atoms with Crippen LogP contribution >= 0.6 is 11.3 Å². The number of thiazole rings is 1. The average Bonchev–Trinajstić information content (AvgIpc) is 3.32. The van der Waals surface area contributed by atoms with Gasteiger partial charge in [-0.05, 0) is 45.6 Å². The van der Waals surface area contributed by atoms with Crippen LogP contribution in [0.1, 0.15) is 28.3 Å². The summed E-state index contributed by atoms with van der Waals surface area (Å²) in [6.45, 7) is 2.34. The van der Waals surface area contributed by atoms with E-state index in [0.29, 0.717) is 4.53 Å². The van der Waals surface area contributed by atoms with E-state index in [2.05, 4.69) is 89.8 Å². The second-order valence-electron chi connectivity index (χ2n) is 10.5. The van der Waals surface area contributed by atoms with Gasteiger partial charge < -0.3 is 0 Å². The highest BCUT2D eigenvalue weighted by atomic mass is 32.1. The third kappa shape index (κ3) is 5.18. The van der Waals surface area contributed by atoms with Crippen molar-refractivity contribution in [2.45, 2.75) is 12.6 Å². The SMILES string of the molecule is O=c1/c(=C/c2ccccc2)sc2n1C(c1ccccc1)C1=C(N=2)/C(=C/c2ccccc2)CN(Cc2ccccc2)C1. The van der Waals surface area contributed by atoms with Crippen LogP contribution in [-0.2, 0) is 6.54 Å². The first-order valence-corrected chi connectivity index (χ1v) is 14.7. The zero-order valence-corrected chi connectivity index (χ0v) is 23.4. The molecule has 0 saturated heterocycles. The molecule has 200 valence electrons. The minimum Gasteiger partial charge on any atom is -0.291 e. The Hall–Kier alpha value is -4.58. The maximum absolute atomic E-state index is 14.1. The van der Waals surface area contributed by atoms with Crippen LogP contribution in [0.5, 0.6) is 0 Å². The molecule has 0 amide bonds. The molecule has 0 aliphatic carbocycles. The highest BCUT2D eigenvalue weighted by Crippen LogP contribution is 2.37. The third-order valence-electron chi connectivity index (χ3n) is 7.63. The van der Waals surface area contributed by atoms with Gasteiger partial charge in [-0.1, -0.05) is 133 Å². The van der Waals surface area contributed by atoms with E-state index < -0.39 is 0 Å². The van der Waals surface area contributed by atoms with Crippen molar-refractivity contribution in [3.8, 4) is 0 Å². The topological polar surface area (TPSA) is 37.6 Å². The monoisotopic (exact) mass is 551 g/mol. The Morgan fingerprint density at radius 2 is 1.32 bits per heavy atom. The summed E-state index contributed by atoms with van der Waals surface area (Å²) in [5.74, 6) is 0. The van der Waals surface area contributed by atoms with Gasteiger partial charge in [0.05, 0.1) is 16.3 Å². The normalized spacial score (nSPS) is 18.2. The van der Waals surface area contributed by atoms with E-state index in [9.17, 15) is 4.79 Å². The molecular formula is C36H29N3OS. The molecule has 5 heteroatoms. The summed E-state index contributed by atoms with van der Waals surface area (Å²) in [7, 11) is 0. The van der Waals surface area contributed by atoms with Gasteiger partial charge in [-0.3, -0.25) is 14.3 Å². The highest BCUT2D eigenvalue weighted by Gasteiger charge is 2.34. The van der Waals surface area contributed by atoms with Crippen molar-refractivity contribution < 1.29 is 0 Å². The molecule has 0 N–H and O–H groups in total. The molecule has 0 radical (unpaired) electrons. The van der Waals surface area contributed by atoms with Crippen LogP contribution in [0.15, 0.2) is 148 Å². The summed E-state index contributed by atoms with van der Waals surface area (Å²) in [6, 6.07) is 41.3. The van der Waals surface area contributed by atoms with E-state index in [1.54, 1.807) is 0 Å². The van der Waals surface area contributed by atoms with Crippen molar-refractivity contribution in [1.29, 1.82) is 0 Å². The molecule has 3 heterocycles. The van der Waals surface area contributed by atoms with Gasteiger partial charge in [0, 0.05) is 19.6 Å². The molecule has 7 rings (SSSR count). The van der Waals surface area contributed by atoms with E-state index >= 15 is 0 Å². The molecule has 41 heavy (non-hydrogen) atoms. The summed E-state index contributed by atoms with van der Waals surface area (Å²) in [4.78, 5) is 22.5. The second kappa shape index (κ2) is 11.1. The second-order valence-corrected chi connectivity index (χ2v) is 11.5. The lowest BCUT2D eigenvalue weighted by atomic mass is 9.89. The quantitative estimate of drug-likeness (QED) is 0.276. The fourth-order valence-corrected chi connectivity index (χ4v) is 6.80. The Morgan fingerprint density at radius 1 is 0.732 bits per heavy atom. The van der Waals surface area contributed by atoms with Crippen LogP contribution in [0, 0.1) is 0 Å².